The molecule has 3 rings (SSSR count). The van der Waals surface area contributed by atoms with Gasteiger partial charge in [-0.2, -0.15) is 0 Å². The van der Waals surface area contributed by atoms with Crippen molar-refractivity contribution < 1.29 is 14.0 Å². The highest BCUT2D eigenvalue weighted by Crippen LogP contribution is 2.19. The molecule has 2 N–H and O–H groups in total. The quantitative estimate of drug-likeness (QED) is 0.406. The lowest BCUT2D eigenvalue weighted by Gasteiger charge is -2.22. The summed E-state index contributed by atoms with van der Waals surface area (Å²) in [4.78, 5) is 26.6. The summed E-state index contributed by atoms with van der Waals surface area (Å²) in [5, 5.41) is 5.69. The van der Waals surface area contributed by atoms with Crippen LogP contribution in [0.5, 0.6) is 0 Å². The van der Waals surface area contributed by atoms with Crippen LogP contribution >= 0.6 is 12.2 Å². The summed E-state index contributed by atoms with van der Waals surface area (Å²) >= 11 is 5.36. The monoisotopic (exact) mass is 461 g/mol. The van der Waals surface area contributed by atoms with E-state index in [0.29, 0.717) is 23.4 Å². The summed E-state index contributed by atoms with van der Waals surface area (Å²) in [5.74, 6) is -0.998. The average molecular weight is 462 g/mol. The molecule has 0 radical (unpaired) electrons. The van der Waals surface area contributed by atoms with E-state index in [1.54, 1.807) is 54.4 Å². The Hall–Kier alpha value is -3.84. The van der Waals surface area contributed by atoms with Crippen molar-refractivity contribution in [2.75, 3.05) is 18.5 Å². The van der Waals surface area contributed by atoms with E-state index in [2.05, 4.69) is 10.6 Å². The molecule has 33 heavy (non-hydrogen) atoms. The number of carbonyl (C=O) groups excluding carboxylic acids is 2. The van der Waals surface area contributed by atoms with Gasteiger partial charge >= 0.3 is 0 Å². The Balaban J connectivity index is 1.60. The second-order valence-corrected chi connectivity index (χ2v) is 7.63. The lowest BCUT2D eigenvalue weighted by molar-refractivity contribution is -0.115. The molecule has 0 atom stereocenters. The van der Waals surface area contributed by atoms with Gasteiger partial charge in [0.1, 0.15) is 5.82 Å². The van der Waals surface area contributed by atoms with Crippen molar-refractivity contribution in [2.24, 2.45) is 0 Å². The number of benzene rings is 3. The molecule has 3 aromatic carbocycles. The van der Waals surface area contributed by atoms with Gasteiger partial charge in [-0.15, -0.1) is 0 Å². The van der Waals surface area contributed by atoms with Gasteiger partial charge in [0, 0.05) is 19.7 Å². The number of amides is 2. The number of anilines is 1. The summed E-state index contributed by atoms with van der Waals surface area (Å²) in [6, 6.07) is 22.7. The van der Waals surface area contributed by atoms with Gasteiger partial charge < -0.3 is 10.2 Å². The topological polar surface area (TPSA) is 61.4 Å². The van der Waals surface area contributed by atoms with E-state index < -0.39 is 5.91 Å². The van der Waals surface area contributed by atoms with Gasteiger partial charge in [-0.05, 0) is 60.1 Å². The fourth-order valence-corrected chi connectivity index (χ4v) is 3.30. The van der Waals surface area contributed by atoms with E-state index in [9.17, 15) is 14.0 Å². The molecule has 2 amide bonds. The SMILES string of the molecule is CN(C(=S)NC(=O)/C=C/c1ccc(F)cc1)c1ccccc1C(=O)NCCc1ccccc1. The molecular formula is C26H24FN3O2S. The molecule has 0 aliphatic heterocycles. The lowest BCUT2D eigenvalue weighted by Crippen LogP contribution is -2.41. The minimum Gasteiger partial charge on any atom is -0.352 e. The number of halogens is 1. The summed E-state index contributed by atoms with van der Waals surface area (Å²) in [6.07, 6.45) is 3.60. The van der Waals surface area contributed by atoms with Gasteiger partial charge in [0.25, 0.3) is 5.91 Å². The van der Waals surface area contributed by atoms with Gasteiger partial charge in [-0.1, -0.05) is 54.6 Å². The molecule has 3 aromatic rings. The van der Waals surface area contributed by atoms with Crippen molar-refractivity contribution in [2.45, 2.75) is 6.42 Å². The molecule has 0 spiro atoms. The second kappa shape index (κ2) is 11.7. The minimum absolute atomic E-state index is 0.147. The number of nitrogens with zero attached hydrogens (tertiary/aromatic N) is 1. The molecule has 0 unspecified atom stereocenters. The van der Waals surface area contributed by atoms with E-state index in [-0.39, 0.29) is 16.8 Å². The smallest absolute Gasteiger partial charge is 0.253 e. The molecule has 5 nitrogen and oxygen atoms in total. The van der Waals surface area contributed by atoms with Crippen LogP contribution in [0.2, 0.25) is 0 Å². The molecule has 0 saturated carbocycles. The van der Waals surface area contributed by atoms with Crippen molar-refractivity contribution in [3.8, 4) is 0 Å². The highest BCUT2D eigenvalue weighted by molar-refractivity contribution is 7.80. The van der Waals surface area contributed by atoms with Crippen LogP contribution in [0, 0.1) is 5.82 Å². The molecule has 0 heterocycles. The zero-order chi connectivity index (χ0) is 23.6. The van der Waals surface area contributed by atoms with Gasteiger partial charge in [-0.3, -0.25) is 14.9 Å². The van der Waals surface area contributed by atoms with Crippen molar-refractivity contribution in [1.82, 2.24) is 10.6 Å². The van der Waals surface area contributed by atoms with E-state index in [1.165, 1.54) is 18.2 Å². The molecule has 0 saturated heterocycles. The van der Waals surface area contributed by atoms with Gasteiger partial charge in [-0.25, -0.2) is 4.39 Å². The maximum atomic E-state index is 13.0. The van der Waals surface area contributed by atoms with E-state index in [4.69, 9.17) is 12.2 Å². The molecule has 0 fully saturated rings. The van der Waals surface area contributed by atoms with Crippen LogP contribution in [0.25, 0.3) is 6.08 Å². The van der Waals surface area contributed by atoms with Crippen molar-refractivity contribution in [3.05, 3.63) is 107 Å². The number of hydrogen-bond donors (Lipinski definition) is 2. The first-order valence-corrected chi connectivity index (χ1v) is 10.8. The zero-order valence-electron chi connectivity index (χ0n) is 18.1. The lowest BCUT2D eigenvalue weighted by atomic mass is 10.1. The third-order valence-electron chi connectivity index (χ3n) is 4.88. The van der Waals surface area contributed by atoms with E-state index in [0.717, 1.165) is 12.0 Å². The fraction of sp³-hybridized carbons (Fsp3) is 0.115. The maximum absolute atomic E-state index is 13.0. The van der Waals surface area contributed by atoms with Gasteiger partial charge in [0.05, 0.1) is 11.3 Å². The van der Waals surface area contributed by atoms with Gasteiger partial charge in [0.2, 0.25) is 5.91 Å². The summed E-state index contributed by atoms with van der Waals surface area (Å²) in [7, 11) is 1.68. The number of carbonyl (C=O) groups is 2. The first-order valence-electron chi connectivity index (χ1n) is 10.4. The van der Waals surface area contributed by atoms with Crippen LogP contribution in [0.4, 0.5) is 10.1 Å². The van der Waals surface area contributed by atoms with Crippen molar-refractivity contribution >= 4 is 40.9 Å². The predicted molar refractivity (Wildman–Crippen MR) is 133 cm³/mol. The summed E-state index contributed by atoms with van der Waals surface area (Å²) in [5.41, 5.74) is 2.85. The Morgan fingerprint density at radius 2 is 1.64 bits per heavy atom. The highest BCUT2D eigenvalue weighted by Gasteiger charge is 2.17. The van der Waals surface area contributed by atoms with E-state index >= 15 is 0 Å². The van der Waals surface area contributed by atoms with Gasteiger partial charge in [0.15, 0.2) is 5.11 Å². The first-order chi connectivity index (χ1) is 15.9. The van der Waals surface area contributed by atoms with Crippen LogP contribution in [0.15, 0.2) is 84.9 Å². The molecule has 0 aliphatic carbocycles. The minimum atomic E-state index is -0.430. The molecule has 7 heteroatoms. The number of hydrogen-bond acceptors (Lipinski definition) is 3. The van der Waals surface area contributed by atoms with Crippen molar-refractivity contribution in [1.29, 1.82) is 0 Å². The van der Waals surface area contributed by atoms with Crippen molar-refractivity contribution in [3.63, 3.8) is 0 Å². The molecule has 168 valence electrons. The Morgan fingerprint density at radius 1 is 0.970 bits per heavy atom. The third kappa shape index (κ3) is 7.08. The standard InChI is InChI=1S/C26H24FN3O2S/c1-30(26(33)29-24(31)16-13-20-11-14-21(27)15-12-20)23-10-6-5-9-22(23)25(32)28-18-17-19-7-3-2-4-8-19/h2-16H,17-18H2,1H3,(H,28,32)(H,29,31,33)/b16-13+. The van der Waals surface area contributed by atoms with Crippen LogP contribution < -0.4 is 15.5 Å². The highest BCUT2D eigenvalue weighted by atomic mass is 32.1. The molecule has 0 bridgehead atoms. The number of thiocarbonyl (C=S) groups is 1. The number of nitrogens with one attached hydrogen (secondary N) is 2. The number of para-hydroxylation sites is 1. The Labute approximate surface area is 197 Å². The average Bonchev–Trinajstić information content (AvgIpc) is 2.83. The summed E-state index contributed by atoms with van der Waals surface area (Å²) in [6.45, 7) is 0.496. The Kier molecular flexibility index (Phi) is 8.43. The zero-order valence-corrected chi connectivity index (χ0v) is 18.9. The largest absolute Gasteiger partial charge is 0.352 e. The molecule has 0 aliphatic rings. The van der Waals surface area contributed by atoms with Crippen LogP contribution in [0.1, 0.15) is 21.5 Å². The maximum Gasteiger partial charge on any atom is 0.253 e. The van der Waals surface area contributed by atoms with Crippen LogP contribution in [-0.4, -0.2) is 30.5 Å². The molecule has 0 aromatic heterocycles. The third-order valence-corrected chi connectivity index (χ3v) is 5.26. The normalized spacial score (nSPS) is 10.6. The fourth-order valence-electron chi connectivity index (χ4n) is 3.10. The van der Waals surface area contributed by atoms with Crippen LogP contribution in [0.3, 0.4) is 0 Å². The summed E-state index contributed by atoms with van der Waals surface area (Å²) < 4.78 is 13.0. The predicted octanol–water partition coefficient (Wildman–Crippen LogP) is 4.35. The van der Waals surface area contributed by atoms with Crippen LogP contribution in [-0.2, 0) is 11.2 Å². The number of rotatable bonds is 7. The first kappa shape index (κ1) is 23.8. The van der Waals surface area contributed by atoms with E-state index in [1.807, 2.05) is 30.3 Å². The Bertz CT molecular complexity index is 1150. The second-order valence-electron chi connectivity index (χ2n) is 7.25. The Morgan fingerprint density at radius 3 is 2.36 bits per heavy atom. The molecular weight excluding hydrogens is 437 g/mol.